The molecule has 5 nitrogen and oxygen atoms in total. The fraction of sp³-hybridized carbons (Fsp3) is 0.286. The lowest BCUT2D eigenvalue weighted by Crippen LogP contribution is -2.22. The Balaban J connectivity index is 2.22. The van der Waals surface area contributed by atoms with E-state index in [1.165, 1.54) is 6.92 Å². The predicted molar refractivity (Wildman–Crippen MR) is 78.1 cm³/mol. The summed E-state index contributed by atoms with van der Waals surface area (Å²) in [6, 6.07) is 9.04. The molecule has 6 heteroatoms. The van der Waals surface area contributed by atoms with Gasteiger partial charge in [0.2, 0.25) is 0 Å². The first-order valence-corrected chi connectivity index (χ1v) is 7.16. The van der Waals surface area contributed by atoms with E-state index in [4.69, 9.17) is 0 Å². The van der Waals surface area contributed by atoms with Crippen LogP contribution in [0.25, 0.3) is 11.3 Å². The molecule has 1 heterocycles. The van der Waals surface area contributed by atoms with Crippen LogP contribution in [0.3, 0.4) is 0 Å². The van der Waals surface area contributed by atoms with Crippen molar-refractivity contribution in [2.45, 2.75) is 19.1 Å². The molecule has 2 rings (SSSR count). The maximum atomic E-state index is 10.9. The Morgan fingerprint density at radius 1 is 1.35 bits per heavy atom. The smallest absolute Gasteiger partial charge is 0.185 e. The SMILES string of the molecule is CC(=O)SCC(O)C(O)c1ccccc1-c1ccn[nH]1. The minimum Gasteiger partial charge on any atom is -0.389 e. The molecular weight excluding hydrogens is 276 g/mol. The Kier molecular flexibility index (Phi) is 4.94. The summed E-state index contributed by atoms with van der Waals surface area (Å²) in [6.45, 7) is 1.43. The second-order valence-electron chi connectivity index (χ2n) is 4.37. The van der Waals surface area contributed by atoms with E-state index in [2.05, 4.69) is 10.2 Å². The zero-order valence-electron chi connectivity index (χ0n) is 11.0. The highest BCUT2D eigenvalue weighted by atomic mass is 32.2. The molecule has 0 saturated heterocycles. The summed E-state index contributed by atoms with van der Waals surface area (Å²) in [7, 11) is 0. The van der Waals surface area contributed by atoms with Crippen LogP contribution in [0, 0.1) is 0 Å². The van der Waals surface area contributed by atoms with Crippen molar-refractivity contribution in [2.75, 3.05) is 5.75 Å². The van der Waals surface area contributed by atoms with Crippen molar-refractivity contribution >= 4 is 16.9 Å². The van der Waals surface area contributed by atoms with Crippen LogP contribution < -0.4 is 0 Å². The van der Waals surface area contributed by atoms with Crippen molar-refractivity contribution in [3.05, 3.63) is 42.1 Å². The Bertz CT molecular complexity index is 572. The molecule has 0 aliphatic carbocycles. The summed E-state index contributed by atoms with van der Waals surface area (Å²) in [5.41, 5.74) is 2.16. The van der Waals surface area contributed by atoms with E-state index in [1.807, 2.05) is 12.1 Å². The van der Waals surface area contributed by atoms with E-state index in [-0.39, 0.29) is 10.9 Å². The van der Waals surface area contributed by atoms with Crippen molar-refractivity contribution < 1.29 is 15.0 Å². The Labute approximate surface area is 121 Å². The maximum absolute atomic E-state index is 10.9. The Morgan fingerprint density at radius 3 is 2.75 bits per heavy atom. The number of aromatic nitrogens is 2. The number of rotatable bonds is 5. The molecule has 0 amide bonds. The molecular formula is C14H16N2O3S. The van der Waals surface area contributed by atoms with Crippen LogP contribution in [0.4, 0.5) is 0 Å². The third kappa shape index (κ3) is 3.47. The first kappa shape index (κ1) is 14.8. The van der Waals surface area contributed by atoms with Crippen molar-refractivity contribution in [3.63, 3.8) is 0 Å². The molecule has 0 bridgehead atoms. The third-order valence-electron chi connectivity index (χ3n) is 2.89. The van der Waals surface area contributed by atoms with E-state index in [1.54, 1.807) is 24.4 Å². The van der Waals surface area contributed by atoms with Gasteiger partial charge < -0.3 is 10.2 Å². The number of aromatic amines is 1. The molecule has 0 saturated carbocycles. The van der Waals surface area contributed by atoms with Gasteiger partial charge in [-0.1, -0.05) is 36.0 Å². The number of carbonyl (C=O) groups is 1. The summed E-state index contributed by atoms with van der Waals surface area (Å²) in [5.74, 6) is 0.161. The summed E-state index contributed by atoms with van der Waals surface area (Å²) >= 11 is 0.997. The lowest BCUT2D eigenvalue weighted by atomic mass is 9.97. The molecule has 0 aliphatic rings. The summed E-state index contributed by atoms with van der Waals surface area (Å²) in [6.07, 6.45) is -0.435. The molecule has 2 unspecified atom stereocenters. The number of aliphatic hydroxyl groups excluding tert-OH is 2. The highest BCUT2D eigenvalue weighted by Gasteiger charge is 2.22. The standard InChI is InChI=1S/C14H16N2O3S/c1-9(17)20-8-13(18)14(19)11-5-3-2-4-10(11)12-6-7-15-16-12/h2-7,13-14,18-19H,8H2,1H3,(H,15,16). The van der Waals surface area contributed by atoms with Crippen LogP contribution in [-0.2, 0) is 4.79 Å². The number of thioether (sulfide) groups is 1. The van der Waals surface area contributed by atoms with E-state index in [0.717, 1.165) is 23.0 Å². The summed E-state index contributed by atoms with van der Waals surface area (Å²) in [4.78, 5) is 10.9. The first-order chi connectivity index (χ1) is 9.59. The molecule has 1 aromatic carbocycles. The minimum atomic E-state index is -1.05. The molecule has 0 spiro atoms. The number of nitrogens with zero attached hydrogens (tertiary/aromatic N) is 1. The molecule has 0 aliphatic heterocycles. The minimum absolute atomic E-state index is 0.0851. The van der Waals surface area contributed by atoms with Crippen LogP contribution in [-0.4, -0.2) is 37.4 Å². The van der Waals surface area contributed by atoms with Gasteiger partial charge in [0.05, 0.1) is 11.8 Å². The normalized spacial score (nSPS) is 13.9. The molecule has 1 aromatic heterocycles. The molecule has 0 fully saturated rings. The van der Waals surface area contributed by atoms with Gasteiger partial charge in [-0.25, -0.2) is 0 Å². The van der Waals surface area contributed by atoms with Gasteiger partial charge in [-0.05, 0) is 11.6 Å². The summed E-state index contributed by atoms with van der Waals surface area (Å²) < 4.78 is 0. The van der Waals surface area contributed by atoms with Gasteiger partial charge >= 0.3 is 0 Å². The van der Waals surface area contributed by atoms with E-state index in [0.29, 0.717) is 5.56 Å². The predicted octanol–water partition coefficient (Wildman–Crippen LogP) is 1.75. The van der Waals surface area contributed by atoms with Crippen molar-refractivity contribution in [3.8, 4) is 11.3 Å². The third-order valence-corrected chi connectivity index (χ3v) is 3.81. The monoisotopic (exact) mass is 292 g/mol. The number of hydrogen-bond acceptors (Lipinski definition) is 5. The number of aliphatic hydroxyl groups is 2. The number of hydrogen-bond donors (Lipinski definition) is 3. The van der Waals surface area contributed by atoms with Gasteiger partial charge in [0.1, 0.15) is 6.10 Å². The Morgan fingerprint density at radius 2 is 2.10 bits per heavy atom. The lowest BCUT2D eigenvalue weighted by molar-refractivity contribution is -0.109. The second-order valence-corrected chi connectivity index (χ2v) is 5.57. The summed E-state index contributed by atoms with van der Waals surface area (Å²) in [5, 5.41) is 26.9. The number of H-pyrrole nitrogens is 1. The van der Waals surface area contributed by atoms with Crippen LogP contribution in [0.1, 0.15) is 18.6 Å². The van der Waals surface area contributed by atoms with Gasteiger partial charge in [0, 0.05) is 24.4 Å². The van der Waals surface area contributed by atoms with Gasteiger partial charge in [0.15, 0.2) is 5.12 Å². The highest BCUT2D eigenvalue weighted by molar-refractivity contribution is 8.13. The topological polar surface area (TPSA) is 86.2 Å². The number of nitrogens with one attached hydrogen (secondary N) is 1. The fourth-order valence-electron chi connectivity index (χ4n) is 1.91. The van der Waals surface area contributed by atoms with Crippen LogP contribution >= 0.6 is 11.8 Å². The molecule has 20 heavy (non-hydrogen) atoms. The fourth-order valence-corrected chi connectivity index (χ4v) is 2.49. The van der Waals surface area contributed by atoms with E-state index in [9.17, 15) is 15.0 Å². The number of carbonyl (C=O) groups excluding carboxylic acids is 1. The average molecular weight is 292 g/mol. The lowest BCUT2D eigenvalue weighted by Gasteiger charge is -2.19. The first-order valence-electron chi connectivity index (χ1n) is 6.17. The molecule has 3 N–H and O–H groups in total. The largest absolute Gasteiger partial charge is 0.389 e. The van der Waals surface area contributed by atoms with Crippen LogP contribution in [0.15, 0.2) is 36.5 Å². The van der Waals surface area contributed by atoms with Crippen molar-refractivity contribution in [2.24, 2.45) is 0 Å². The van der Waals surface area contributed by atoms with E-state index >= 15 is 0 Å². The van der Waals surface area contributed by atoms with Gasteiger partial charge in [-0.3, -0.25) is 9.89 Å². The van der Waals surface area contributed by atoms with Gasteiger partial charge in [-0.2, -0.15) is 5.10 Å². The Hall–Kier alpha value is -1.63. The molecule has 106 valence electrons. The van der Waals surface area contributed by atoms with Crippen molar-refractivity contribution in [1.82, 2.24) is 10.2 Å². The highest BCUT2D eigenvalue weighted by Crippen LogP contribution is 2.29. The average Bonchev–Trinajstić information content (AvgIpc) is 2.98. The maximum Gasteiger partial charge on any atom is 0.185 e. The van der Waals surface area contributed by atoms with Crippen molar-refractivity contribution in [1.29, 1.82) is 0 Å². The van der Waals surface area contributed by atoms with Gasteiger partial charge in [-0.15, -0.1) is 0 Å². The zero-order chi connectivity index (χ0) is 14.5. The molecule has 2 aromatic rings. The quantitative estimate of drug-likeness (QED) is 0.781. The number of benzene rings is 1. The second kappa shape index (κ2) is 6.69. The molecule has 0 radical (unpaired) electrons. The van der Waals surface area contributed by atoms with Crippen LogP contribution in [0.5, 0.6) is 0 Å². The van der Waals surface area contributed by atoms with Crippen LogP contribution in [0.2, 0.25) is 0 Å². The van der Waals surface area contributed by atoms with Gasteiger partial charge in [0.25, 0.3) is 0 Å². The van der Waals surface area contributed by atoms with E-state index < -0.39 is 12.2 Å². The molecule has 2 atom stereocenters. The zero-order valence-corrected chi connectivity index (χ0v) is 11.8.